The van der Waals surface area contributed by atoms with Gasteiger partial charge in [0.2, 0.25) is 11.8 Å². The van der Waals surface area contributed by atoms with E-state index in [0.717, 1.165) is 11.5 Å². The summed E-state index contributed by atoms with van der Waals surface area (Å²) in [6, 6.07) is 5.00. The van der Waals surface area contributed by atoms with Crippen molar-refractivity contribution >= 4 is 11.8 Å². The number of aromatic nitrogens is 1. The molecule has 0 unspecified atom stereocenters. The second kappa shape index (κ2) is 7.52. The van der Waals surface area contributed by atoms with Crippen LogP contribution in [0, 0.1) is 6.92 Å². The Hall–Kier alpha value is -2.61. The number of nitrogens with zero attached hydrogens (tertiary/aromatic N) is 3. The number of rotatable bonds is 6. The van der Waals surface area contributed by atoms with Gasteiger partial charge in [0.1, 0.15) is 23.5 Å². The number of aryl methyl sites for hydroxylation is 1. The molecular formula is C17H22N4O4. The lowest BCUT2D eigenvalue weighted by molar-refractivity contribution is -0.138. The van der Waals surface area contributed by atoms with Gasteiger partial charge < -0.3 is 19.2 Å². The standard InChI is InChI=1S/C17H22N4O4/c1-12-3-4-14(25-12)11-21-7-6-18-17(23)15(21)9-16(22)20(2)10-13-5-8-24-19-13/h3-5,8,15H,6-7,9-11H2,1-2H3,(H,18,23)/t15-/m1/s1. The minimum absolute atomic E-state index is 0.111. The fraction of sp³-hybridized carbons (Fsp3) is 0.471. The van der Waals surface area contributed by atoms with Crippen LogP contribution < -0.4 is 5.32 Å². The minimum Gasteiger partial charge on any atom is -0.465 e. The molecule has 2 aromatic heterocycles. The molecule has 8 nitrogen and oxygen atoms in total. The number of furan rings is 1. The molecule has 1 aliphatic rings. The zero-order valence-corrected chi connectivity index (χ0v) is 14.4. The number of amides is 2. The highest BCUT2D eigenvalue weighted by molar-refractivity contribution is 5.88. The summed E-state index contributed by atoms with van der Waals surface area (Å²) in [5.41, 5.74) is 0.673. The fourth-order valence-corrected chi connectivity index (χ4v) is 2.92. The second-order valence-corrected chi connectivity index (χ2v) is 6.23. The van der Waals surface area contributed by atoms with E-state index in [4.69, 9.17) is 8.94 Å². The summed E-state index contributed by atoms with van der Waals surface area (Å²) in [5, 5.41) is 6.64. The van der Waals surface area contributed by atoms with Crippen molar-refractivity contribution in [3.05, 3.63) is 41.7 Å². The Bertz CT molecular complexity index is 725. The zero-order chi connectivity index (χ0) is 17.8. The van der Waals surface area contributed by atoms with E-state index < -0.39 is 6.04 Å². The van der Waals surface area contributed by atoms with Crippen molar-refractivity contribution in [1.82, 2.24) is 20.3 Å². The minimum atomic E-state index is -0.508. The van der Waals surface area contributed by atoms with Crippen LogP contribution >= 0.6 is 0 Å². The highest BCUT2D eigenvalue weighted by Crippen LogP contribution is 2.17. The Morgan fingerprint density at radius 1 is 1.44 bits per heavy atom. The van der Waals surface area contributed by atoms with E-state index >= 15 is 0 Å². The molecule has 2 aromatic rings. The number of hydrogen-bond donors (Lipinski definition) is 1. The van der Waals surface area contributed by atoms with Crippen molar-refractivity contribution in [2.45, 2.75) is 32.5 Å². The van der Waals surface area contributed by atoms with E-state index in [-0.39, 0.29) is 18.2 Å². The van der Waals surface area contributed by atoms with Gasteiger partial charge in [0, 0.05) is 26.2 Å². The van der Waals surface area contributed by atoms with E-state index in [1.807, 2.05) is 24.0 Å². The second-order valence-electron chi connectivity index (χ2n) is 6.23. The zero-order valence-electron chi connectivity index (χ0n) is 14.4. The molecule has 25 heavy (non-hydrogen) atoms. The normalized spacial score (nSPS) is 18.2. The third kappa shape index (κ3) is 4.27. The largest absolute Gasteiger partial charge is 0.465 e. The smallest absolute Gasteiger partial charge is 0.237 e. The van der Waals surface area contributed by atoms with Crippen LogP contribution in [0.4, 0.5) is 0 Å². The van der Waals surface area contributed by atoms with Crippen LogP contribution in [0.2, 0.25) is 0 Å². The van der Waals surface area contributed by atoms with Gasteiger partial charge in [-0.05, 0) is 19.1 Å². The molecule has 1 saturated heterocycles. The van der Waals surface area contributed by atoms with E-state index in [9.17, 15) is 9.59 Å². The average Bonchev–Trinajstić information content (AvgIpc) is 3.22. The van der Waals surface area contributed by atoms with Crippen LogP contribution in [-0.2, 0) is 22.7 Å². The Kier molecular flexibility index (Phi) is 5.18. The lowest BCUT2D eigenvalue weighted by Gasteiger charge is -2.34. The van der Waals surface area contributed by atoms with Crippen molar-refractivity contribution in [3.8, 4) is 0 Å². The van der Waals surface area contributed by atoms with Crippen LogP contribution in [0.15, 0.2) is 33.4 Å². The van der Waals surface area contributed by atoms with Crippen molar-refractivity contribution < 1.29 is 18.5 Å². The average molecular weight is 346 g/mol. The van der Waals surface area contributed by atoms with Gasteiger partial charge >= 0.3 is 0 Å². The lowest BCUT2D eigenvalue weighted by atomic mass is 10.1. The Labute approximate surface area is 145 Å². The molecule has 1 N–H and O–H groups in total. The van der Waals surface area contributed by atoms with E-state index in [1.165, 1.54) is 6.26 Å². The molecule has 1 aliphatic heterocycles. The molecule has 1 atom stereocenters. The first-order valence-electron chi connectivity index (χ1n) is 8.23. The summed E-state index contributed by atoms with van der Waals surface area (Å²) in [7, 11) is 1.69. The first-order valence-corrected chi connectivity index (χ1v) is 8.23. The van der Waals surface area contributed by atoms with Gasteiger partial charge in [-0.2, -0.15) is 0 Å². The third-order valence-electron chi connectivity index (χ3n) is 4.28. The van der Waals surface area contributed by atoms with Gasteiger partial charge in [-0.15, -0.1) is 0 Å². The topological polar surface area (TPSA) is 91.8 Å². The lowest BCUT2D eigenvalue weighted by Crippen LogP contribution is -2.56. The maximum absolute atomic E-state index is 12.5. The number of nitrogens with one attached hydrogen (secondary N) is 1. The van der Waals surface area contributed by atoms with E-state index in [0.29, 0.717) is 31.9 Å². The summed E-state index contributed by atoms with van der Waals surface area (Å²) in [5.74, 6) is 1.38. The first-order chi connectivity index (χ1) is 12.0. The number of carbonyl (C=O) groups is 2. The third-order valence-corrected chi connectivity index (χ3v) is 4.28. The quantitative estimate of drug-likeness (QED) is 0.836. The van der Waals surface area contributed by atoms with Crippen LogP contribution in [-0.4, -0.2) is 52.9 Å². The molecule has 3 rings (SSSR count). The van der Waals surface area contributed by atoms with Crippen molar-refractivity contribution in [2.24, 2.45) is 0 Å². The van der Waals surface area contributed by atoms with Gasteiger partial charge in [-0.25, -0.2) is 0 Å². The highest BCUT2D eigenvalue weighted by atomic mass is 16.5. The molecule has 134 valence electrons. The molecule has 2 amide bonds. The van der Waals surface area contributed by atoms with Crippen LogP contribution in [0.3, 0.4) is 0 Å². The van der Waals surface area contributed by atoms with Crippen molar-refractivity contribution in [3.63, 3.8) is 0 Å². The molecule has 0 saturated carbocycles. The van der Waals surface area contributed by atoms with Gasteiger partial charge in [-0.3, -0.25) is 14.5 Å². The fourth-order valence-electron chi connectivity index (χ4n) is 2.92. The predicted molar refractivity (Wildman–Crippen MR) is 88.2 cm³/mol. The van der Waals surface area contributed by atoms with Gasteiger partial charge in [0.05, 0.1) is 25.6 Å². The molecule has 1 fully saturated rings. The molecule has 8 heteroatoms. The predicted octanol–water partition coefficient (Wildman–Crippen LogP) is 0.925. The molecule has 0 spiro atoms. The summed E-state index contributed by atoms with van der Waals surface area (Å²) < 4.78 is 10.4. The van der Waals surface area contributed by atoms with Gasteiger partial charge in [-0.1, -0.05) is 5.16 Å². The Morgan fingerprint density at radius 2 is 2.28 bits per heavy atom. The number of hydrogen-bond acceptors (Lipinski definition) is 6. The summed E-state index contributed by atoms with van der Waals surface area (Å²) in [6.07, 6.45) is 1.58. The molecule has 0 aliphatic carbocycles. The molecule has 0 aromatic carbocycles. The molecule has 0 radical (unpaired) electrons. The van der Waals surface area contributed by atoms with Crippen LogP contribution in [0.25, 0.3) is 0 Å². The van der Waals surface area contributed by atoms with Gasteiger partial charge in [0.25, 0.3) is 0 Å². The van der Waals surface area contributed by atoms with E-state index in [1.54, 1.807) is 18.0 Å². The highest BCUT2D eigenvalue weighted by Gasteiger charge is 2.33. The Balaban J connectivity index is 1.64. The Morgan fingerprint density at radius 3 is 2.96 bits per heavy atom. The van der Waals surface area contributed by atoms with Crippen LogP contribution in [0.5, 0.6) is 0 Å². The van der Waals surface area contributed by atoms with Crippen molar-refractivity contribution in [2.75, 3.05) is 20.1 Å². The summed E-state index contributed by atoms with van der Waals surface area (Å²) in [4.78, 5) is 28.4. The molecule has 0 bridgehead atoms. The maximum atomic E-state index is 12.5. The van der Waals surface area contributed by atoms with E-state index in [2.05, 4.69) is 10.5 Å². The molecule has 3 heterocycles. The first kappa shape index (κ1) is 17.2. The summed E-state index contributed by atoms with van der Waals surface area (Å²) in [6.45, 7) is 3.98. The van der Waals surface area contributed by atoms with Crippen molar-refractivity contribution in [1.29, 1.82) is 0 Å². The number of piperazine rings is 1. The SMILES string of the molecule is Cc1ccc(CN2CCNC(=O)[C@H]2CC(=O)N(C)Cc2ccon2)o1. The monoisotopic (exact) mass is 346 g/mol. The molecular weight excluding hydrogens is 324 g/mol. The number of carbonyl (C=O) groups excluding carboxylic acids is 2. The maximum Gasteiger partial charge on any atom is 0.237 e. The summed E-state index contributed by atoms with van der Waals surface area (Å²) >= 11 is 0. The van der Waals surface area contributed by atoms with Gasteiger partial charge in [0.15, 0.2) is 0 Å². The van der Waals surface area contributed by atoms with Crippen LogP contribution in [0.1, 0.15) is 23.6 Å².